The predicted molar refractivity (Wildman–Crippen MR) is 225 cm³/mol. The minimum Gasteiger partial charge on any atom is -0.233 e. The molecular formula is C48H44N6O3P+. The van der Waals surface area contributed by atoms with Gasteiger partial charge in [-0.2, -0.15) is 10.2 Å². The topological polar surface area (TPSA) is 97.0 Å². The molecule has 2 unspecified atom stereocenters. The van der Waals surface area contributed by atoms with E-state index in [1.807, 2.05) is 132 Å². The van der Waals surface area contributed by atoms with Gasteiger partial charge < -0.3 is 0 Å². The molecule has 10 heteroatoms. The third kappa shape index (κ3) is 7.20. The van der Waals surface area contributed by atoms with Gasteiger partial charge in [-0.05, 0) is 46.2 Å². The molecule has 0 aliphatic carbocycles. The largest absolute Gasteiger partial charge is 0.698 e. The lowest BCUT2D eigenvalue weighted by atomic mass is 9.77. The van der Waals surface area contributed by atoms with Crippen LogP contribution in [0.4, 0.5) is 0 Å². The molecule has 0 N–H and O–H groups in total. The Balaban J connectivity index is 1.10. The lowest BCUT2D eigenvalue weighted by Crippen LogP contribution is -2.38. The standard InChI is InChI=1S/C48H44N6O3P/c1-3-43(45-49-35-53(51-45)47(37-23-11-5-12-24-37,38-25-13-6-14-26-38)39-27-15-7-16-28-39)56-58(55)57-44(4-2)46-50-36-54(52-46)48(40-29-17-8-18-30-40,41-31-19-9-20-32-41)42-33-21-10-22-34-42/h5-36,43-44H,3-4H2,1-2H3/q+1. The summed E-state index contributed by atoms with van der Waals surface area (Å²) in [6.45, 7) is 3.90. The Hall–Kier alpha value is -6.38. The van der Waals surface area contributed by atoms with Crippen molar-refractivity contribution >= 4 is 8.25 Å². The molecule has 6 aromatic carbocycles. The first kappa shape index (κ1) is 38.5. The van der Waals surface area contributed by atoms with E-state index in [0.29, 0.717) is 24.5 Å². The van der Waals surface area contributed by atoms with Gasteiger partial charge in [-0.15, -0.1) is 9.05 Å². The Morgan fingerprint density at radius 2 is 0.690 bits per heavy atom. The van der Waals surface area contributed by atoms with Crippen molar-refractivity contribution < 1.29 is 13.6 Å². The van der Waals surface area contributed by atoms with Crippen molar-refractivity contribution in [1.82, 2.24) is 29.5 Å². The average molecular weight is 784 g/mol. The summed E-state index contributed by atoms with van der Waals surface area (Å²) in [6.07, 6.45) is 2.95. The van der Waals surface area contributed by atoms with Gasteiger partial charge in [-0.25, -0.2) is 19.3 Å². The molecule has 0 aliphatic rings. The van der Waals surface area contributed by atoms with Crippen molar-refractivity contribution in [2.24, 2.45) is 0 Å². The second-order valence-corrected chi connectivity index (χ2v) is 14.8. The molecule has 2 aromatic heterocycles. The van der Waals surface area contributed by atoms with Crippen molar-refractivity contribution in [2.45, 2.75) is 50.0 Å². The third-order valence-electron chi connectivity index (χ3n) is 10.6. The fourth-order valence-electron chi connectivity index (χ4n) is 7.88. The molecule has 0 amide bonds. The zero-order valence-corrected chi connectivity index (χ0v) is 33.3. The molecule has 0 spiro atoms. The molecule has 0 radical (unpaired) electrons. The van der Waals surface area contributed by atoms with Crippen LogP contribution in [0.25, 0.3) is 0 Å². The summed E-state index contributed by atoms with van der Waals surface area (Å²) in [4.78, 5) is 9.54. The highest BCUT2D eigenvalue weighted by Gasteiger charge is 2.43. The lowest BCUT2D eigenvalue weighted by Gasteiger charge is -2.35. The Morgan fingerprint density at radius 1 is 0.448 bits per heavy atom. The van der Waals surface area contributed by atoms with E-state index in [9.17, 15) is 4.57 Å². The van der Waals surface area contributed by atoms with Crippen molar-refractivity contribution in [3.05, 3.63) is 240 Å². The zero-order chi connectivity index (χ0) is 39.8. The van der Waals surface area contributed by atoms with Crippen LogP contribution in [0.3, 0.4) is 0 Å². The van der Waals surface area contributed by atoms with Crippen molar-refractivity contribution in [1.29, 1.82) is 0 Å². The Labute approximate surface area is 340 Å². The van der Waals surface area contributed by atoms with Gasteiger partial charge in [0.2, 0.25) is 0 Å². The fourth-order valence-corrected chi connectivity index (χ4v) is 8.83. The van der Waals surface area contributed by atoms with Crippen LogP contribution in [-0.4, -0.2) is 29.5 Å². The van der Waals surface area contributed by atoms with E-state index in [2.05, 4.69) is 72.8 Å². The van der Waals surface area contributed by atoms with Gasteiger partial charge in [0.25, 0.3) is 0 Å². The van der Waals surface area contributed by atoms with Gasteiger partial charge >= 0.3 is 8.25 Å². The predicted octanol–water partition coefficient (Wildman–Crippen LogP) is 10.8. The number of hydrogen-bond donors (Lipinski definition) is 0. The van der Waals surface area contributed by atoms with Crippen LogP contribution in [0.5, 0.6) is 0 Å². The first-order valence-electron chi connectivity index (χ1n) is 19.6. The van der Waals surface area contributed by atoms with E-state index in [4.69, 9.17) is 29.2 Å². The summed E-state index contributed by atoms with van der Waals surface area (Å²) < 4.78 is 29.9. The van der Waals surface area contributed by atoms with E-state index in [1.165, 1.54) is 0 Å². The summed E-state index contributed by atoms with van der Waals surface area (Å²) in [5.74, 6) is 0.797. The van der Waals surface area contributed by atoms with Gasteiger partial charge in [0.15, 0.2) is 23.9 Å². The van der Waals surface area contributed by atoms with Crippen LogP contribution < -0.4 is 0 Å². The summed E-state index contributed by atoms with van der Waals surface area (Å²) in [5, 5.41) is 10.2. The Kier molecular flexibility index (Phi) is 11.6. The van der Waals surface area contributed by atoms with Gasteiger partial charge in [0.05, 0.1) is 0 Å². The van der Waals surface area contributed by atoms with Crippen molar-refractivity contribution in [3.63, 3.8) is 0 Å². The van der Waals surface area contributed by atoms with Crippen LogP contribution in [0.2, 0.25) is 0 Å². The van der Waals surface area contributed by atoms with Gasteiger partial charge in [0.1, 0.15) is 23.7 Å². The molecule has 8 rings (SSSR count). The van der Waals surface area contributed by atoms with E-state index >= 15 is 0 Å². The molecule has 0 bridgehead atoms. The molecule has 0 saturated heterocycles. The molecule has 8 aromatic rings. The van der Waals surface area contributed by atoms with Crippen molar-refractivity contribution in [3.8, 4) is 0 Å². The second kappa shape index (κ2) is 17.4. The molecule has 0 saturated carbocycles. The molecule has 58 heavy (non-hydrogen) atoms. The van der Waals surface area contributed by atoms with Crippen LogP contribution in [0.15, 0.2) is 195 Å². The number of nitrogens with zero attached hydrogens (tertiary/aromatic N) is 6. The zero-order valence-electron chi connectivity index (χ0n) is 32.4. The Bertz CT molecular complexity index is 2150. The fraction of sp³-hybridized carbons (Fsp3) is 0.167. The van der Waals surface area contributed by atoms with Crippen molar-refractivity contribution in [2.75, 3.05) is 0 Å². The maximum Gasteiger partial charge on any atom is 0.698 e. The summed E-state index contributed by atoms with van der Waals surface area (Å²) in [6, 6.07) is 61.6. The van der Waals surface area contributed by atoms with Crippen LogP contribution in [-0.2, 0) is 24.7 Å². The molecule has 0 fully saturated rings. The SMILES string of the molecule is CCC(O[P+](=O)OC(CC)c1ncn(C(c2ccccc2)(c2ccccc2)c2ccccc2)n1)c1ncn(C(c2ccccc2)(c2ccccc2)c2ccccc2)n1. The first-order valence-corrected chi connectivity index (χ1v) is 20.7. The summed E-state index contributed by atoms with van der Waals surface area (Å²) >= 11 is 0. The normalized spacial score (nSPS) is 13.2. The van der Waals surface area contributed by atoms with Gasteiger partial charge in [-0.3, -0.25) is 0 Å². The van der Waals surface area contributed by atoms with Crippen LogP contribution in [0, 0.1) is 0 Å². The molecule has 2 atom stereocenters. The molecule has 9 nitrogen and oxygen atoms in total. The van der Waals surface area contributed by atoms with E-state index in [1.54, 1.807) is 12.7 Å². The number of aromatic nitrogens is 6. The quantitative estimate of drug-likeness (QED) is 0.0711. The van der Waals surface area contributed by atoms with Gasteiger partial charge in [-0.1, -0.05) is 196 Å². The number of benzene rings is 6. The lowest BCUT2D eigenvalue weighted by molar-refractivity contribution is 0.117. The molecule has 2 heterocycles. The maximum atomic E-state index is 13.8. The maximum absolute atomic E-state index is 13.8. The monoisotopic (exact) mass is 783 g/mol. The minimum atomic E-state index is -2.65. The molecule has 288 valence electrons. The first-order chi connectivity index (χ1) is 28.6. The minimum absolute atomic E-state index is 0.399. The number of hydrogen-bond acceptors (Lipinski definition) is 7. The van der Waals surface area contributed by atoms with E-state index in [0.717, 1.165) is 33.4 Å². The highest BCUT2D eigenvalue weighted by molar-refractivity contribution is 7.33. The highest BCUT2D eigenvalue weighted by Crippen LogP contribution is 2.44. The number of rotatable bonds is 16. The molecular weight excluding hydrogens is 740 g/mol. The second-order valence-electron chi connectivity index (χ2n) is 13.9. The third-order valence-corrected chi connectivity index (χ3v) is 11.5. The highest BCUT2D eigenvalue weighted by atomic mass is 31.1. The van der Waals surface area contributed by atoms with E-state index in [-0.39, 0.29) is 0 Å². The average Bonchev–Trinajstić information content (AvgIpc) is 4.00. The molecule has 0 aliphatic heterocycles. The van der Waals surface area contributed by atoms with Crippen LogP contribution >= 0.6 is 8.25 Å². The van der Waals surface area contributed by atoms with E-state index < -0.39 is 31.5 Å². The Morgan fingerprint density at radius 3 is 0.914 bits per heavy atom. The summed E-state index contributed by atoms with van der Waals surface area (Å²) in [7, 11) is -2.65. The van der Waals surface area contributed by atoms with Crippen LogP contribution in [0.1, 0.15) is 83.9 Å². The smallest absolute Gasteiger partial charge is 0.233 e. The van der Waals surface area contributed by atoms with Gasteiger partial charge in [0, 0.05) is 4.57 Å². The summed E-state index contributed by atoms with van der Waals surface area (Å²) in [5.41, 5.74) is 4.39.